The Bertz CT molecular complexity index is 594. The molecule has 0 unspecified atom stereocenters. The number of nitrogens with zero attached hydrogens (tertiary/aromatic N) is 3. The van der Waals surface area contributed by atoms with E-state index in [0.29, 0.717) is 18.3 Å². The van der Waals surface area contributed by atoms with Crippen LogP contribution in [0.3, 0.4) is 0 Å². The molecule has 9 heteroatoms. The van der Waals surface area contributed by atoms with Gasteiger partial charge in [-0.25, -0.2) is 14.6 Å². The maximum atomic E-state index is 9.10. The Morgan fingerprint density at radius 2 is 1.91 bits per heavy atom. The first-order chi connectivity index (χ1) is 11.0. The summed E-state index contributed by atoms with van der Waals surface area (Å²) in [6.45, 7) is 7.94. The van der Waals surface area contributed by atoms with Crippen LogP contribution in [0.25, 0.3) is 11.2 Å². The van der Waals surface area contributed by atoms with Crippen LogP contribution in [0, 0.1) is 0 Å². The molecule has 2 heterocycles. The summed E-state index contributed by atoms with van der Waals surface area (Å²) in [5, 5.41) is 14.8. The molecular formula is C14H20N4O5. The van der Waals surface area contributed by atoms with Crippen LogP contribution < -0.4 is 4.74 Å². The van der Waals surface area contributed by atoms with Crippen molar-refractivity contribution in [3.63, 3.8) is 0 Å². The van der Waals surface area contributed by atoms with E-state index in [4.69, 9.17) is 24.5 Å². The molecule has 0 spiro atoms. The summed E-state index contributed by atoms with van der Waals surface area (Å²) in [5.74, 6) is -3.65. The first-order valence-electron chi connectivity index (χ1n) is 7.10. The summed E-state index contributed by atoms with van der Waals surface area (Å²) in [5.41, 5.74) is 1.61. The van der Waals surface area contributed by atoms with Crippen LogP contribution in [0.4, 0.5) is 0 Å². The zero-order chi connectivity index (χ0) is 17.2. The van der Waals surface area contributed by atoms with Gasteiger partial charge in [-0.1, -0.05) is 13.8 Å². The largest absolute Gasteiger partial charge is 0.473 e. The van der Waals surface area contributed by atoms with E-state index in [1.165, 1.54) is 0 Å². The normalized spacial score (nSPS) is 10.2. The van der Waals surface area contributed by atoms with Gasteiger partial charge in [0.2, 0.25) is 0 Å². The van der Waals surface area contributed by atoms with E-state index < -0.39 is 11.9 Å². The molecule has 0 bridgehead atoms. The number of carbonyl (C=O) groups is 2. The van der Waals surface area contributed by atoms with Crippen LogP contribution in [0.15, 0.2) is 18.3 Å². The third kappa shape index (κ3) is 6.30. The number of ether oxygens (including phenoxy) is 1. The summed E-state index contributed by atoms with van der Waals surface area (Å²) in [4.78, 5) is 32.0. The van der Waals surface area contributed by atoms with Crippen molar-refractivity contribution < 1.29 is 24.5 Å². The second kappa shape index (κ2) is 9.36. The van der Waals surface area contributed by atoms with Gasteiger partial charge in [-0.15, -0.1) is 0 Å². The number of aliphatic carboxylic acids is 2. The minimum Gasteiger partial charge on any atom is -0.473 e. The van der Waals surface area contributed by atoms with Gasteiger partial charge < -0.3 is 24.8 Å². The van der Waals surface area contributed by atoms with Gasteiger partial charge in [-0.05, 0) is 25.2 Å². The summed E-state index contributed by atoms with van der Waals surface area (Å²) < 4.78 is 5.58. The molecule has 0 aliphatic rings. The third-order valence-corrected chi connectivity index (χ3v) is 2.96. The van der Waals surface area contributed by atoms with Crippen molar-refractivity contribution in [2.24, 2.45) is 0 Å². The highest BCUT2D eigenvalue weighted by Crippen LogP contribution is 2.12. The molecule has 0 atom stereocenters. The Hall–Kier alpha value is -2.68. The molecule has 0 amide bonds. The number of carboxylic acid groups (broad SMARTS) is 2. The minimum atomic E-state index is -1.82. The van der Waals surface area contributed by atoms with Crippen molar-refractivity contribution in [2.75, 3.05) is 26.2 Å². The SMILES string of the molecule is CCN(CC)CCOc1nc2ncccc2[nH]1.O=C(O)C(=O)O. The van der Waals surface area contributed by atoms with E-state index in [-0.39, 0.29) is 0 Å². The number of pyridine rings is 1. The average molecular weight is 324 g/mol. The number of aromatic amines is 1. The first-order valence-corrected chi connectivity index (χ1v) is 7.10. The van der Waals surface area contributed by atoms with E-state index in [2.05, 4.69) is 33.7 Å². The Labute approximate surface area is 132 Å². The molecule has 0 aliphatic heterocycles. The maximum Gasteiger partial charge on any atom is 0.414 e. The number of rotatable bonds is 6. The summed E-state index contributed by atoms with van der Waals surface area (Å²) >= 11 is 0. The van der Waals surface area contributed by atoms with E-state index in [9.17, 15) is 0 Å². The Kier molecular flexibility index (Phi) is 7.48. The summed E-state index contributed by atoms with van der Waals surface area (Å²) in [6, 6.07) is 4.36. The van der Waals surface area contributed by atoms with Crippen LogP contribution >= 0.6 is 0 Å². The van der Waals surface area contributed by atoms with E-state index in [0.717, 1.165) is 25.2 Å². The molecule has 3 N–H and O–H groups in total. The molecule has 2 aromatic heterocycles. The summed E-state index contributed by atoms with van der Waals surface area (Å²) in [6.07, 6.45) is 1.73. The lowest BCUT2D eigenvalue weighted by Gasteiger charge is -2.17. The third-order valence-electron chi connectivity index (χ3n) is 2.96. The quantitative estimate of drug-likeness (QED) is 0.667. The van der Waals surface area contributed by atoms with Crippen LogP contribution in [0.1, 0.15) is 13.8 Å². The fourth-order valence-electron chi connectivity index (χ4n) is 1.70. The minimum absolute atomic E-state index is 0.547. The van der Waals surface area contributed by atoms with E-state index >= 15 is 0 Å². The Morgan fingerprint density at radius 3 is 2.43 bits per heavy atom. The Balaban J connectivity index is 0.000000379. The highest BCUT2D eigenvalue weighted by Gasteiger charge is 2.05. The molecular weight excluding hydrogens is 304 g/mol. The van der Waals surface area contributed by atoms with Crippen molar-refractivity contribution in [2.45, 2.75) is 13.8 Å². The van der Waals surface area contributed by atoms with Crippen molar-refractivity contribution in [1.82, 2.24) is 19.9 Å². The number of nitrogens with one attached hydrogen (secondary N) is 1. The van der Waals surface area contributed by atoms with E-state index in [1.807, 2.05) is 12.1 Å². The van der Waals surface area contributed by atoms with Crippen LogP contribution in [-0.4, -0.2) is 68.2 Å². The lowest BCUT2D eigenvalue weighted by atomic mass is 10.4. The first kappa shape index (κ1) is 18.4. The molecule has 0 fully saturated rings. The van der Waals surface area contributed by atoms with Gasteiger partial charge in [0.1, 0.15) is 6.61 Å². The number of fused-ring (bicyclic) bond motifs is 1. The van der Waals surface area contributed by atoms with Crippen LogP contribution in [0.5, 0.6) is 6.01 Å². The maximum absolute atomic E-state index is 9.10. The highest BCUT2D eigenvalue weighted by molar-refractivity contribution is 6.27. The molecule has 126 valence electrons. The van der Waals surface area contributed by atoms with Crippen LogP contribution in [-0.2, 0) is 9.59 Å². The zero-order valence-electron chi connectivity index (χ0n) is 13.0. The second-order valence-electron chi connectivity index (χ2n) is 4.40. The van der Waals surface area contributed by atoms with E-state index in [1.54, 1.807) is 6.20 Å². The molecule has 0 radical (unpaired) electrons. The zero-order valence-corrected chi connectivity index (χ0v) is 13.0. The van der Waals surface area contributed by atoms with Crippen molar-refractivity contribution in [3.05, 3.63) is 18.3 Å². The number of imidazole rings is 1. The van der Waals surface area contributed by atoms with Crippen molar-refractivity contribution in [1.29, 1.82) is 0 Å². The number of carboxylic acids is 2. The monoisotopic (exact) mass is 324 g/mol. The summed E-state index contributed by atoms with van der Waals surface area (Å²) in [7, 11) is 0. The van der Waals surface area contributed by atoms with Gasteiger partial charge in [-0.3, -0.25) is 0 Å². The molecule has 2 rings (SSSR count). The predicted octanol–water partition coefficient (Wildman–Crippen LogP) is 0.834. The number of H-pyrrole nitrogens is 1. The predicted molar refractivity (Wildman–Crippen MR) is 82.4 cm³/mol. The molecule has 0 aliphatic carbocycles. The van der Waals surface area contributed by atoms with Gasteiger partial charge in [0.05, 0.1) is 5.52 Å². The smallest absolute Gasteiger partial charge is 0.414 e. The molecule has 0 saturated heterocycles. The Morgan fingerprint density at radius 1 is 1.26 bits per heavy atom. The lowest BCUT2D eigenvalue weighted by Crippen LogP contribution is -2.28. The van der Waals surface area contributed by atoms with Gasteiger partial charge in [0.25, 0.3) is 6.01 Å². The fraction of sp³-hybridized carbons (Fsp3) is 0.429. The standard InChI is InChI=1S/C12H18N4O.C2H2O4/c1-3-16(4-2)8-9-17-12-14-10-6-5-7-13-11(10)15-12;3-1(4)2(5)6/h5-7H,3-4,8-9H2,1-2H3,(H,13,14,15);(H,3,4)(H,5,6). The highest BCUT2D eigenvalue weighted by atomic mass is 16.5. The van der Waals surface area contributed by atoms with Gasteiger partial charge in [0, 0.05) is 12.7 Å². The topological polar surface area (TPSA) is 129 Å². The fourth-order valence-corrected chi connectivity index (χ4v) is 1.70. The number of likely N-dealkylation sites (N-methyl/N-ethyl adjacent to an activating group) is 1. The molecule has 9 nitrogen and oxygen atoms in total. The second-order valence-corrected chi connectivity index (χ2v) is 4.40. The molecule has 23 heavy (non-hydrogen) atoms. The molecule has 0 aromatic carbocycles. The number of hydrogen-bond donors (Lipinski definition) is 3. The van der Waals surface area contributed by atoms with Gasteiger partial charge in [-0.2, -0.15) is 4.98 Å². The number of hydrogen-bond acceptors (Lipinski definition) is 6. The van der Waals surface area contributed by atoms with Gasteiger partial charge in [0.15, 0.2) is 5.65 Å². The lowest BCUT2D eigenvalue weighted by molar-refractivity contribution is -0.159. The van der Waals surface area contributed by atoms with Crippen molar-refractivity contribution >= 4 is 23.1 Å². The average Bonchev–Trinajstić information content (AvgIpc) is 2.94. The van der Waals surface area contributed by atoms with Crippen LogP contribution in [0.2, 0.25) is 0 Å². The molecule has 0 saturated carbocycles. The number of aromatic nitrogens is 3. The molecule has 2 aromatic rings. The van der Waals surface area contributed by atoms with Crippen molar-refractivity contribution in [3.8, 4) is 6.01 Å². The van der Waals surface area contributed by atoms with Gasteiger partial charge >= 0.3 is 11.9 Å².